The molecule has 2 rings (SSSR count). The van der Waals surface area contributed by atoms with E-state index in [9.17, 15) is 12.8 Å². The van der Waals surface area contributed by atoms with Gasteiger partial charge in [-0.1, -0.05) is 12.5 Å². The maximum absolute atomic E-state index is 13.6. The fourth-order valence-electron chi connectivity index (χ4n) is 2.40. The summed E-state index contributed by atoms with van der Waals surface area (Å²) >= 11 is 0. The number of nitrogens with one attached hydrogen (secondary N) is 2. The van der Waals surface area contributed by atoms with Crippen molar-refractivity contribution < 1.29 is 12.8 Å². The number of hydrogen-bond acceptors (Lipinski definition) is 3. The van der Waals surface area contributed by atoms with Gasteiger partial charge in [0.1, 0.15) is 5.82 Å². The number of rotatable bonds is 5. The van der Waals surface area contributed by atoms with Crippen molar-refractivity contribution in [1.82, 2.24) is 5.32 Å². The quantitative estimate of drug-likeness (QED) is 0.878. The molecule has 1 aliphatic rings. The smallest absolute Gasteiger partial charge is 0.232 e. The van der Waals surface area contributed by atoms with Gasteiger partial charge in [0, 0.05) is 6.04 Å². The standard InChI is InChI=1S/C14H21FN2O2S/c1-11-5-6-13(15)14(10-11)17-20(18,19)9-7-12-4-2-3-8-16-12/h5-6,10,12,16-17H,2-4,7-9H2,1H3. The third-order valence-corrected chi connectivity index (χ3v) is 4.84. The van der Waals surface area contributed by atoms with E-state index >= 15 is 0 Å². The molecular weight excluding hydrogens is 279 g/mol. The lowest BCUT2D eigenvalue weighted by Crippen LogP contribution is -2.36. The second kappa shape index (κ2) is 6.54. The molecule has 0 amide bonds. The number of anilines is 1. The molecule has 0 spiro atoms. The molecule has 1 unspecified atom stereocenters. The van der Waals surface area contributed by atoms with Crippen LogP contribution in [-0.2, 0) is 10.0 Å². The lowest BCUT2D eigenvalue weighted by atomic mass is 10.0. The van der Waals surface area contributed by atoms with Gasteiger partial charge in [-0.3, -0.25) is 4.72 Å². The predicted octanol–water partition coefficient (Wildman–Crippen LogP) is 2.41. The van der Waals surface area contributed by atoms with Crippen LogP contribution in [0.5, 0.6) is 0 Å². The summed E-state index contributed by atoms with van der Waals surface area (Å²) in [5.74, 6) is -0.534. The van der Waals surface area contributed by atoms with Crippen molar-refractivity contribution in [2.24, 2.45) is 0 Å². The fraction of sp³-hybridized carbons (Fsp3) is 0.571. The highest BCUT2D eigenvalue weighted by atomic mass is 32.2. The van der Waals surface area contributed by atoms with Gasteiger partial charge in [0.15, 0.2) is 0 Å². The highest BCUT2D eigenvalue weighted by Crippen LogP contribution is 2.18. The second-order valence-corrected chi connectivity index (χ2v) is 7.18. The van der Waals surface area contributed by atoms with E-state index in [1.54, 1.807) is 13.0 Å². The molecule has 2 N–H and O–H groups in total. The van der Waals surface area contributed by atoms with E-state index in [1.807, 2.05) is 0 Å². The molecule has 0 aromatic heterocycles. The Bertz CT molecular complexity index is 554. The van der Waals surface area contributed by atoms with Crippen molar-refractivity contribution >= 4 is 15.7 Å². The van der Waals surface area contributed by atoms with E-state index in [-0.39, 0.29) is 17.5 Å². The van der Waals surface area contributed by atoms with Crippen LogP contribution in [0.15, 0.2) is 18.2 Å². The minimum Gasteiger partial charge on any atom is -0.314 e. The Labute approximate surface area is 119 Å². The van der Waals surface area contributed by atoms with Crippen LogP contribution >= 0.6 is 0 Å². The number of aryl methyl sites for hydroxylation is 1. The van der Waals surface area contributed by atoms with Gasteiger partial charge in [-0.15, -0.1) is 0 Å². The monoisotopic (exact) mass is 300 g/mol. The van der Waals surface area contributed by atoms with Crippen LogP contribution in [0.3, 0.4) is 0 Å². The molecule has 0 radical (unpaired) electrons. The molecule has 1 aliphatic heterocycles. The number of piperidine rings is 1. The van der Waals surface area contributed by atoms with Gasteiger partial charge < -0.3 is 5.32 Å². The number of sulfonamides is 1. The zero-order chi connectivity index (χ0) is 14.6. The minimum atomic E-state index is -3.50. The largest absolute Gasteiger partial charge is 0.314 e. The first-order chi connectivity index (χ1) is 9.46. The van der Waals surface area contributed by atoms with E-state index in [4.69, 9.17) is 0 Å². The van der Waals surface area contributed by atoms with Gasteiger partial charge in [-0.2, -0.15) is 0 Å². The highest BCUT2D eigenvalue weighted by Gasteiger charge is 2.18. The molecular formula is C14H21FN2O2S. The van der Waals surface area contributed by atoms with E-state index in [0.717, 1.165) is 31.4 Å². The Morgan fingerprint density at radius 2 is 2.20 bits per heavy atom. The summed E-state index contributed by atoms with van der Waals surface area (Å²) < 4.78 is 39.9. The van der Waals surface area contributed by atoms with Gasteiger partial charge in [0.2, 0.25) is 10.0 Å². The number of hydrogen-bond donors (Lipinski definition) is 2. The molecule has 6 heteroatoms. The molecule has 20 heavy (non-hydrogen) atoms. The Kier molecular flexibility index (Phi) is 4.99. The highest BCUT2D eigenvalue weighted by molar-refractivity contribution is 7.92. The molecule has 1 heterocycles. The van der Waals surface area contributed by atoms with Gasteiger partial charge in [-0.05, 0) is 50.4 Å². The first kappa shape index (κ1) is 15.3. The summed E-state index contributed by atoms with van der Waals surface area (Å²) in [6.45, 7) is 2.74. The van der Waals surface area contributed by atoms with Crippen LogP contribution in [0.25, 0.3) is 0 Å². The average molecular weight is 300 g/mol. The summed E-state index contributed by atoms with van der Waals surface area (Å²) in [5.41, 5.74) is 0.847. The molecule has 1 aromatic rings. The summed E-state index contributed by atoms with van der Waals surface area (Å²) in [5, 5.41) is 3.31. The molecule has 112 valence electrons. The topological polar surface area (TPSA) is 58.2 Å². The fourth-order valence-corrected chi connectivity index (χ4v) is 3.59. The molecule has 1 saturated heterocycles. The van der Waals surface area contributed by atoms with Crippen molar-refractivity contribution in [3.63, 3.8) is 0 Å². The van der Waals surface area contributed by atoms with Crippen LogP contribution in [0, 0.1) is 12.7 Å². The third-order valence-electron chi connectivity index (χ3n) is 3.53. The van der Waals surface area contributed by atoms with E-state index in [1.165, 1.54) is 12.1 Å². The average Bonchev–Trinajstić information content (AvgIpc) is 2.42. The van der Waals surface area contributed by atoms with E-state index in [0.29, 0.717) is 6.42 Å². The Morgan fingerprint density at radius 1 is 1.40 bits per heavy atom. The Balaban J connectivity index is 1.94. The molecule has 4 nitrogen and oxygen atoms in total. The third kappa shape index (κ3) is 4.45. The van der Waals surface area contributed by atoms with Crippen molar-refractivity contribution in [3.8, 4) is 0 Å². The van der Waals surface area contributed by atoms with Crippen LogP contribution in [-0.4, -0.2) is 26.8 Å². The Hall–Kier alpha value is -1.14. The normalized spacial score (nSPS) is 19.8. The second-order valence-electron chi connectivity index (χ2n) is 5.34. The molecule has 0 saturated carbocycles. The first-order valence-electron chi connectivity index (χ1n) is 6.96. The SMILES string of the molecule is Cc1ccc(F)c(NS(=O)(=O)CCC2CCCCN2)c1. The zero-order valence-electron chi connectivity index (χ0n) is 11.7. The Morgan fingerprint density at radius 3 is 2.90 bits per heavy atom. The van der Waals surface area contributed by atoms with Crippen LogP contribution in [0.1, 0.15) is 31.2 Å². The lowest BCUT2D eigenvalue weighted by molar-refractivity contribution is 0.393. The van der Waals surface area contributed by atoms with Crippen molar-refractivity contribution in [3.05, 3.63) is 29.6 Å². The minimum absolute atomic E-state index is 0.0120. The predicted molar refractivity (Wildman–Crippen MR) is 78.8 cm³/mol. The van der Waals surface area contributed by atoms with Crippen molar-refractivity contribution in [1.29, 1.82) is 0 Å². The van der Waals surface area contributed by atoms with Crippen LogP contribution in [0.4, 0.5) is 10.1 Å². The summed E-state index contributed by atoms with van der Waals surface area (Å²) in [7, 11) is -3.50. The maximum atomic E-state index is 13.6. The summed E-state index contributed by atoms with van der Waals surface area (Å²) in [6, 6.07) is 4.64. The van der Waals surface area contributed by atoms with Crippen molar-refractivity contribution in [2.45, 2.75) is 38.6 Å². The number of benzene rings is 1. The number of halogens is 1. The molecule has 1 fully saturated rings. The van der Waals surface area contributed by atoms with E-state index in [2.05, 4.69) is 10.0 Å². The summed E-state index contributed by atoms with van der Waals surface area (Å²) in [6.07, 6.45) is 3.85. The van der Waals surface area contributed by atoms with Gasteiger partial charge in [-0.25, -0.2) is 12.8 Å². The van der Waals surface area contributed by atoms with Gasteiger partial charge in [0.05, 0.1) is 11.4 Å². The molecule has 0 bridgehead atoms. The van der Waals surface area contributed by atoms with Crippen LogP contribution in [0.2, 0.25) is 0 Å². The van der Waals surface area contributed by atoms with Gasteiger partial charge in [0.25, 0.3) is 0 Å². The van der Waals surface area contributed by atoms with Crippen LogP contribution < -0.4 is 10.0 Å². The summed E-state index contributed by atoms with van der Waals surface area (Å²) in [4.78, 5) is 0. The molecule has 0 aliphatic carbocycles. The van der Waals surface area contributed by atoms with E-state index < -0.39 is 15.8 Å². The first-order valence-corrected chi connectivity index (χ1v) is 8.61. The lowest BCUT2D eigenvalue weighted by Gasteiger charge is -2.23. The molecule has 1 aromatic carbocycles. The van der Waals surface area contributed by atoms with Gasteiger partial charge >= 0.3 is 0 Å². The molecule has 1 atom stereocenters. The zero-order valence-corrected chi connectivity index (χ0v) is 12.5. The van der Waals surface area contributed by atoms with Crippen molar-refractivity contribution in [2.75, 3.05) is 17.0 Å². The maximum Gasteiger partial charge on any atom is 0.232 e.